The predicted molar refractivity (Wildman–Crippen MR) is 247 cm³/mol. The lowest BCUT2D eigenvalue weighted by Gasteiger charge is -2.24. The van der Waals surface area contributed by atoms with Crippen molar-refractivity contribution in [2.45, 2.75) is 67.2 Å². The van der Waals surface area contributed by atoms with Gasteiger partial charge in [-0.25, -0.2) is 19.6 Å². The molecule has 0 fully saturated rings. The van der Waals surface area contributed by atoms with Gasteiger partial charge < -0.3 is 30.0 Å². The smallest absolute Gasteiger partial charge is 0.358 e. The van der Waals surface area contributed by atoms with E-state index in [4.69, 9.17) is 41.3 Å². The van der Waals surface area contributed by atoms with Crippen LogP contribution in [0.15, 0.2) is 59.3 Å². The van der Waals surface area contributed by atoms with Crippen molar-refractivity contribution < 1.29 is 38.1 Å². The molecule has 0 saturated carbocycles. The molecule has 2 aliphatic rings. The number of ether oxygens (including phenoxy) is 4. The number of aromatic nitrogens is 4. The van der Waals surface area contributed by atoms with E-state index in [1.54, 1.807) is 64.6 Å². The molecule has 2 aromatic carbocycles. The number of hydrogen-bond donors (Lipinski definition) is 2. The molecule has 0 bridgehead atoms. The molecule has 0 radical (unpaired) electrons. The van der Waals surface area contributed by atoms with Gasteiger partial charge in [0.05, 0.1) is 71.3 Å². The Bertz CT molecular complexity index is 2610. The Morgan fingerprint density at radius 1 is 0.730 bits per heavy atom. The molecular formula is C46H51ClN6O8S2. The Labute approximate surface area is 379 Å². The normalized spacial score (nSPS) is 12.0. The summed E-state index contributed by atoms with van der Waals surface area (Å²) in [5.74, 6) is 1.63. The van der Waals surface area contributed by atoms with Crippen molar-refractivity contribution in [2.75, 3.05) is 38.5 Å². The Morgan fingerprint density at radius 2 is 1.19 bits per heavy atom. The Balaban J connectivity index is 0.000000188. The van der Waals surface area contributed by atoms with Crippen LogP contribution < -0.4 is 20.5 Å². The van der Waals surface area contributed by atoms with Gasteiger partial charge in [0.2, 0.25) is 11.1 Å². The van der Waals surface area contributed by atoms with Crippen LogP contribution >= 0.6 is 34.3 Å². The molecule has 17 heteroatoms. The number of aryl methyl sites for hydroxylation is 2. The fourth-order valence-electron chi connectivity index (χ4n) is 7.04. The molecule has 8 rings (SSSR count). The van der Waals surface area contributed by atoms with Crippen molar-refractivity contribution in [3.05, 3.63) is 93.2 Å². The van der Waals surface area contributed by atoms with Gasteiger partial charge in [-0.3, -0.25) is 18.7 Å². The number of fused-ring (bicyclic) bond motifs is 6. The number of halogens is 1. The fraction of sp³-hybridized carbons (Fsp3) is 0.348. The van der Waals surface area contributed by atoms with E-state index in [-0.39, 0.29) is 29.0 Å². The molecule has 3 N–H and O–H groups in total. The third-order valence-electron chi connectivity index (χ3n) is 10.2. The van der Waals surface area contributed by atoms with Crippen LogP contribution in [0, 0.1) is 11.8 Å². The quantitative estimate of drug-likeness (QED) is 0.0719. The van der Waals surface area contributed by atoms with E-state index in [1.165, 1.54) is 0 Å². The monoisotopic (exact) mass is 914 g/mol. The number of carbonyl (C=O) groups excluding carboxylic acids is 4. The van der Waals surface area contributed by atoms with E-state index in [9.17, 15) is 19.2 Å². The molecule has 0 spiro atoms. The topological polar surface area (TPSA) is 179 Å². The summed E-state index contributed by atoms with van der Waals surface area (Å²) in [7, 11) is 3.20. The number of carbonyl (C=O) groups is 4. The van der Waals surface area contributed by atoms with E-state index < -0.39 is 5.97 Å². The zero-order valence-corrected chi connectivity index (χ0v) is 38.9. The number of hydrogen-bond acceptors (Lipinski definition) is 13. The number of anilines is 2. The zero-order valence-electron chi connectivity index (χ0n) is 36.5. The first-order chi connectivity index (χ1) is 30.2. The van der Waals surface area contributed by atoms with Gasteiger partial charge in [-0.1, -0.05) is 39.8 Å². The van der Waals surface area contributed by atoms with Gasteiger partial charge in [0.1, 0.15) is 11.5 Å². The minimum Gasteiger partial charge on any atom is -0.495 e. The number of esters is 2. The molecule has 63 heavy (non-hydrogen) atoms. The van der Waals surface area contributed by atoms with E-state index in [0.29, 0.717) is 66.1 Å². The first kappa shape index (κ1) is 46.5. The molecule has 6 heterocycles. The van der Waals surface area contributed by atoms with Gasteiger partial charge >= 0.3 is 11.9 Å². The highest BCUT2D eigenvalue weighted by Crippen LogP contribution is 2.41. The van der Waals surface area contributed by atoms with Crippen molar-refractivity contribution in [3.8, 4) is 44.3 Å². The second kappa shape index (κ2) is 20.5. The standard InChI is InChI=1S/C23H25N3O4S.C19H19N3O3S.C4H7ClO/c1-5-30-23(28)20-16-9-8-14-11-18(29-4)15(24-22(27)13(2)3)12-17(14)26(16)21(25-20)19-7-6-10-31-19;1-3-25-19(23)17-13-7-6-11-9-15(24-2)12(20)10-14(11)22(13)18(21-17)16-5-4-8-26-16;1-3(2)4(5)6/h6-7,10-13H,5,8-9H2,1-4H3,(H,24,27);4-5,8-10H,3,6-7,20H2,1-2H3;3H,1-2H3. The SMILES string of the molecule is CC(C)C(=O)Cl.CCOC(=O)c1nc(-c2cccs2)n2c1CCc1cc(OC)c(N)cc1-2.CCOC(=O)c1nc(-c2cccs2)n2c1CCc1cc(OC)c(NC(=O)C(C)C)cc1-2. The van der Waals surface area contributed by atoms with E-state index in [2.05, 4.69) is 10.3 Å². The fourth-order valence-corrected chi connectivity index (χ4v) is 8.44. The van der Waals surface area contributed by atoms with Gasteiger partial charge in [0.25, 0.3) is 0 Å². The van der Waals surface area contributed by atoms with Crippen LogP contribution in [0.3, 0.4) is 0 Å². The van der Waals surface area contributed by atoms with Gasteiger partial charge in [0.15, 0.2) is 23.0 Å². The van der Waals surface area contributed by atoms with E-state index in [0.717, 1.165) is 62.3 Å². The third-order valence-corrected chi connectivity index (χ3v) is 12.3. The van der Waals surface area contributed by atoms with Crippen molar-refractivity contribution >= 4 is 68.7 Å². The minimum atomic E-state index is -0.417. The first-order valence-electron chi connectivity index (χ1n) is 20.6. The molecule has 332 valence electrons. The minimum absolute atomic E-state index is 0.0216. The van der Waals surface area contributed by atoms with Crippen LogP contribution in [0.2, 0.25) is 0 Å². The predicted octanol–water partition coefficient (Wildman–Crippen LogP) is 9.35. The number of rotatable bonds is 11. The molecule has 4 aromatic heterocycles. The maximum absolute atomic E-state index is 12.6. The Hall–Kier alpha value is -5.97. The van der Waals surface area contributed by atoms with Gasteiger partial charge in [-0.15, -0.1) is 22.7 Å². The number of methoxy groups -OCH3 is 2. The summed E-state index contributed by atoms with van der Waals surface area (Å²) in [5.41, 5.74) is 13.7. The van der Waals surface area contributed by atoms with Crippen molar-refractivity contribution in [3.63, 3.8) is 0 Å². The second-order valence-electron chi connectivity index (χ2n) is 15.0. The summed E-state index contributed by atoms with van der Waals surface area (Å²) in [5, 5.41) is 6.66. The average molecular weight is 916 g/mol. The largest absolute Gasteiger partial charge is 0.495 e. The number of thiophene rings is 2. The summed E-state index contributed by atoms with van der Waals surface area (Å²) in [6, 6.07) is 15.6. The van der Waals surface area contributed by atoms with E-state index in [1.807, 2.05) is 82.3 Å². The number of nitrogen functional groups attached to an aromatic ring is 1. The van der Waals surface area contributed by atoms with Crippen LogP contribution in [0.5, 0.6) is 11.5 Å². The van der Waals surface area contributed by atoms with Crippen LogP contribution in [0.25, 0.3) is 32.8 Å². The summed E-state index contributed by atoms with van der Waals surface area (Å²) in [6.07, 6.45) is 2.87. The molecule has 6 aromatic rings. The van der Waals surface area contributed by atoms with Crippen molar-refractivity contribution in [1.29, 1.82) is 0 Å². The second-order valence-corrected chi connectivity index (χ2v) is 17.3. The number of nitrogens with two attached hydrogens (primary N) is 1. The van der Waals surface area contributed by atoms with Gasteiger partial charge in [-0.2, -0.15) is 0 Å². The van der Waals surface area contributed by atoms with Crippen molar-refractivity contribution in [2.24, 2.45) is 11.8 Å². The molecule has 0 saturated heterocycles. The Kier molecular flexibility index (Phi) is 15.1. The summed E-state index contributed by atoms with van der Waals surface area (Å²) in [6.45, 7) is 11.4. The maximum atomic E-state index is 12.6. The lowest BCUT2D eigenvalue weighted by Crippen LogP contribution is -2.20. The Morgan fingerprint density at radius 3 is 1.59 bits per heavy atom. The molecule has 0 aliphatic carbocycles. The van der Waals surface area contributed by atoms with Gasteiger partial charge in [0, 0.05) is 11.8 Å². The van der Waals surface area contributed by atoms with Crippen LogP contribution in [0.4, 0.5) is 11.4 Å². The summed E-state index contributed by atoms with van der Waals surface area (Å²) >= 11 is 8.11. The third kappa shape index (κ3) is 9.98. The van der Waals surface area contributed by atoms with Crippen molar-refractivity contribution in [1.82, 2.24) is 19.1 Å². The van der Waals surface area contributed by atoms with E-state index >= 15 is 0 Å². The number of nitrogens with one attached hydrogen (secondary N) is 1. The lowest BCUT2D eigenvalue weighted by atomic mass is 9.99. The number of amides is 1. The summed E-state index contributed by atoms with van der Waals surface area (Å²) < 4.78 is 25.4. The number of imidazole rings is 2. The van der Waals surface area contributed by atoms with Crippen LogP contribution in [-0.2, 0) is 44.7 Å². The lowest BCUT2D eigenvalue weighted by molar-refractivity contribution is -0.119. The highest BCUT2D eigenvalue weighted by Gasteiger charge is 2.32. The zero-order chi connectivity index (χ0) is 45.5. The number of nitrogens with zero attached hydrogens (tertiary/aromatic N) is 4. The maximum Gasteiger partial charge on any atom is 0.358 e. The molecule has 14 nitrogen and oxygen atoms in total. The highest BCUT2D eigenvalue weighted by molar-refractivity contribution is 7.13. The molecule has 2 aliphatic heterocycles. The van der Waals surface area contributed by atoms with Crippen LogP contribution in [0.1, 0.15) is 85.0 Å². The average Bonchev–Trinajstić information content (AvgIpc) is 4.10. The van der Waals surface area contributed by atoms with Gasteiger partial charge in [-0.05, 0) is 109 Å². The molecule has 1 amide bonds. The highest BCUT2D eigenvalue weighted by atomic mass is 35.5. The van der Waals surface area contributed by atoms with Crippen LogP contribution in [-0.4, -0.2) is 69.6 Å². The molecule has 0 unspecified atom stereocenters. The molecular weight excluding hydrogens is 864 g/mol. The number of benzene rings is 2. The summed E-state index contributed by atoms with van der Waals surface area (Å²) in [4.78, 5) is 58.6. The molecule has 0 atom stereocenters. The first-order valence-corrected chi connectivity index (χ1v) is 22.7.